The quantitative estimate of drug-likeness (QED) is 0.758. The maximum absolute atomic E-state index is 11.5. The van der Waals surface area contributed by atoms with E-state index in [-0.39, 0.29) is 11.8 Å². The van der Waals surface area contributed by atoms with E-state index in [0.717, 1.165) is 6.42 Å². The van der Waals surface area contributed by atoms with Gasteiger partial charge in [0.1, 0.15) is 17.3 Å². The molecule has 0 radical (unpaired) electrons. The van der Waals surface area contributed by atoms with Gasteiger partial charge in [-0.25, -0.2) is 9.97 Å². The molecule has 0 spiro atoms. The van der Waals surface area contributed by atoms with Crippen molar-refractivity contribution >= 4 is 23.3 Å². The van der Waals surface area contributed by atoms with Crippen LogP contribution < -0.4 is 5.32 Å². The molecule has 2 atom stereocenters. The molecule has 2 rings (SSSR count). The molecule has 1 saturated carbocycles. The molecule has 0 aromatic carbocycles. The second kappa shape index (κ2) is 3.53. The van der Waals surface area contributed by atoms with Crippen molar-refractivity contribution in [1.82, 2.24) is 9.97 Å². The molecule has 1 aliphatic rings. The van der Waals surface area contributed by atoms with Crippen LogP contribution in [0.3, 0.4) is 0 Å². The SMILES string of the molecule is CC1CC1C(=O)Nc1cc(Cl)ncn1. The van der Waals surface area contributed by atoms with E-state index in [0.29, 0.717) is 16.9 Å². The van der Waals surface area contributed by atoms with Gasteiger partial charge in [0, 0.05) is 12.0 Å². The Morgan fingerprint density at radius 2 is 2.36 bits per heavy atom. The van der Waals surface area contributed by atoms with E-state index < -0.39 is 0 Å². The van der Waals surface area contributed by atoms with Crippen LogP contribution in [0.1, 0.15) is 13.3 Å². The Bertz CT molecular complexity index is 369. The van der Waals surface area contributed by atoms with Crippen molar-refractivity contribution in [3.8, 4) is 0 Å². The number of carbonyl (C=O) groups is 1. The fourth-order valence-electron chi connectivity index (χ4n) is 1.31. The van der Waals surface area contributed by atoms with E-state index in [4.69, 9.17) is 11.6 Å². The van der Waals surface area contributed by atoms with E-state index in [1.54, 1.807) is 0 Å². The average molecular weight is 212 g/mol. The number of carbonyl (C=O) groups excluding carboxylic acids is 1. The van der Waals surface area contributed by atoms with Gasteiger partial charge in [0.25, 0.3) is 0 Å². The number of anilines is 1. The third-order valence-corrected chi connectivity index (χ3v) is 2.54. The van der Waals surface area contributed by atoms with Gasteiger partial charge in [-0.1, -0.05) is 18.5 Å². The first-order chi connectivity index (χ1) is 6.66. The highest BCUT2D eigenvalue weighted by Crippen LogP contribution is 2.38. The zero-order chi connectivity index (χ0) is 10.1. The van der Waals surface area contributed by atoms with Crippen LogP contribution in [0.25, 0.3) is 0 Å². The van der Waals surface area contributed by atoms with E-state index in [2.05, 4.69) is 22.2 Å². The lowest BCUT2D eigenvalue weighted by Gasteiger charge is -2.02. The number of hydrogen-bond donors (Lipinski definition) is 1. The van der Waals surface area contributed by atoms with E-state index in [9.17, 15) is 4.79 Å². The van der Waals surface area contributed by atoms with Crippen LogP contribution in [0.2, 0.25) is 5.15 Å². The lowest BCUT2D eigenvalue weighted by Crippen LogP contribution is -2.15. The number of nitrogens with one attached hydrogen (secondary N) is 1. The lowest BCUT2D eigenvalue weighted by molar-refractivity contribution is -0.117. The zero-order valence-corrected chi connectivity index (χ0v) is 8.45. The highest BCUT2D eigenvalue weighted by atomic mass is 35.5. The fourth-order valence-corrected chi connectivity index (χ4v) is 1.46. The van der Waals surface area contributed by atoms with Gasteiger partial charge in [-0.05, 0) is 12.3 Å². The minimum absolute atomic E-state index is 0.0206. The molecule has 1 fully saturated rings. The maximum atomic E-state index is 11.5. The van der Waals surface area contributed by atoms with Crippen molar-refractivity contribution in [3.05, 3.63) is 17.5 Å². The van der Waals surface area contributed by atoms with Gasteiger partial charge < -0.3 is 5.32 Å². The Labute approximate surface area is 86.7 Å². The molecule has 4 nitrogen and oxygen atoms in total. The Morgan fingerprint density at radius 1 is 1.64 bits per heavy atom. The minimum atomic E-state index is 0.0206. The molecule has 0 aliphatic heterocycles. The molecule has 0 saturated heterocycles. The predicted octanol–water partition coefficient (Wildman–Crippen LogP) is 1.72. The molecule has 0 bridgehead atoms. The molecule has 1 heterocycles. The highest BCUT2D eigenvalue weighted by Gasteiger charge is 2.39. The van der Waals surface area contributed by atoms with Crippen LogP contribution in [0.4, 0.5) is 5.82 Å². The van der Waals surface area contributed by atoms with Gasteiger partial charge in [-0.15, -0.1) is 0 Å². The largest absolute Gasteiger partial charge is 0.310 e. The molecule has 2 unspecified atom stereocenters. The third kappa shape index (κ3) is 2.01. The summed E-state index contributed by atoms with van der Waals surface area (Å²) >= 11 is 5.65. The van der Waals surface area contributed by atoms with Crippen molar-refractivity contribution in [2.24, 2.45) is 11.8 Å². The van der Waals surface area contributed by atoms with E-state index in [1.165, 1.54) is 12.4 Å². The van der Waals surface area contributed by atoms with Crippen LogP contribution in [0.15, 0.2) is 12.4 Å². The number of aromatic nitrogens is 2. The second-order valence-corrected chi connectivity index (χ2v) is 3.92. The van der Waals surface area contributed by atoms with Gasteiger partial charge >= 0.3 is 0 Å². The Kier molecular flexibility index (Phi) is 2.37. The van der Waals surface area contributed by atoms with E-state index >= 15 is 0 Å². The monoisotopic (exact) mass is 211 g/mol. The summed E-state index contributed by atoms with van der Waals surface area (Å²) in [6, 6.07) is 1.53. The summed E-state index contributed by atoms with van der Waals surface area (Å²) in [4.78, 5) is 19.1. The summed E-state index contributed by atoms with van der Waals surface area (Å²) in [6.45, 7) is 2.05. The maximum Gasteiger partial charge on any atom is 0.228 e. The number of hydrogen-bond acceptors (Lipinski definition) is 3. The molecule has 1 aromatic heterocycles. The van der Waals surface area contributed by atoms with Crippen LogP contribution in [-0.2, 0) is 4.79 Å². The summed E-state index contributed by atoms with van der Waals surface area (Å²) in [5.74, 6) is 1.12. The summed E-state index contributed by atoms with van der Waals surface area (Å²) in [7, 11) is 0. The lowest BCUT2D eigenvalue weighted by atomic mass is 10.3. The molecule has 1 aliphatic carbocycles. The van der Waals surface area contributed by atoms with Crippen molar-refractivity contribution in [1.29, 1.82) is 0 Å². The normalized spacial score (nSPS) is 24.4. The molecule has 5 heteroatoms. The standard InChI is InChI=1S/C9H10ClN3O/c1-5-2-6(5)9(14)13-8-3-7(10)11-4-12-8/h3-6H,2H2,1H3,(H,11,12,13,14). The summed E-state index contributed by atoms with van der Waals surface area (Å²) < 4.78 is 0. The molecule has 74 valence electrons. The number of halogens is 1. The topological polar surface area (TPSA) is 54.9 Å². The molecule has 1 amide bonds. The van der Waals surface area contributed by atoms with Crippen molar-refractivity contribution in [2.45, 2.75) is 13.3 Å². The van der Waals surface area contributed by atoms with Crippen LogP contribution >= 0.6 is 11.6 Å². The molecule has 14 heavy (non-hydrogen) atoms. The Hall–Kier alpha value is -1.16. The second-order valence-electron chi connectivity index (χ2n) is 3.53. The van der Waals surface area contributed by atoms with Crippen LogP contribution in [0, 0.1) is 11.8 Å². The van der Waals surface area contributed by atoms with E-state index in [1.807, 2.05) is 0 Å². The van der Waals surface area contributed by atoms with Crippen molar-refractivity contribution in [3.63, 3.8) is 0 Å². The minimum Gasteiger partial charge on any atom is -0.310 e. The summed E-state index contributed by atoms with van der Waals surface area (Å²) in [6.07, 6.45) is 2.29. The molecule has 1 N–H and O–H groups in total. The van der Waals surface area contributed by atoms with Gasteiger partial charge in [-0.2, -0.15) is 0 Å². The summed E-state index contributed by atoms with van der Waals surface area (Å²) in [5.41, 5.74) is 0. The van der Waals surface area contributed by atoms with Crippen molar-refractivity contribution < 1.29 is 4.79 Å². The van der Waals surface area contributed by atoms with Gasteiger partial charge in [0.2, 0.25) is 5.91 Å². The smallest absolute Gasteiger partial charge is 0.228 e. The first kappa shape index (κ1) is 9.40. The molecular formula is C9H10ClN3O. The van der Waals surface area contributed by atoms with Crippen LogP contribution in [-0.4, -0.2) is 15.9 Å². The third-order valence-electron chi connectivity index (χ3n) is 2.33. The number of nitrogens with zero attached hydrogens (tertiary/aromatic N) is 2. The Balaban J connectivity index is 2.00. The summed E-state index contributed by atoms with van der Waals surface area (Å²) in [5, 5.41) is 3.03. The molecular weight excluding hydrogens is 202 g/mol. The first-order valence-corrected chi connectivity index (χ1v) is 4.83. The van der Waals surface area contributed by atoms with Crippen molar-refractivity contribution in [2.75, 3.05) is 5.32 Å². The zero-order valence-electron chi connectivity index (χ0n) is 7.70. The highest BCUT2D eigenvalue weighted by molar-refractivity contribution is 6.29. The fraction of sp³-hybridized carbons (Fsp3) is 0.444. The number of amides is 1. The Morgan fingerprint density at radius 3 is 2.93 bits per heavy atom. The molecule has 1 aromatic rings. The van der Waals surface area contributed by atoms with Crippen LogP contribution in [0.5, 0.6) is 0 Å². The van der Waals surface area contributed by atoms with Gasteiger partial charge in [0.15, 0.2) is 0 Å². The first-order valence-electron chi connectivity index (χ1n) is 4.45. The van der Waals surface area contributed by atoms with Gasteiger partial charge in [-0.3, -0.25) is 4.79 Å². The van der Waals surface area contributed by atoms with Gasteiger partial charge in [0.05, 0.1) is 0 Å². The number of rotatable bonds is 2. The average Bonchev–Trinajstić information content (AvgIpc) is 2.82. The predicted molar refractivity (Wildman–Crippen MR) is 52.9 cm³/mol.